The van der Waals surface area contributed by atoms with Crippen molar-refractivity contribution in [1.29, 1.82) is 0 Å². The van der Waals surface area contributed by atoms with Crippen molar-refractivity contribution >= 4 is 45.8 Å². The van der Waals surface area contributed by atoms with Crippen molar-refractivity contribution in [1.82, 2.24) is 9.80 Å². The van der Waals surface area contributed by atoms with Crippen molar-refractivity contribution in [2.45, 2.75) is 32.2 Å². The number of hydrogen-bond donors (Lipinski definition) is 4. The van der Waals surface area contributed by atoms with Gasteiger partial charge in [-0.05, 0) is 54.8 Å². The molecule has 0 radical (unpaired) electrons. The number of nitrogens with zero attached hydrogens (tertiary/aromatic N) is 2. The molecule has 252 valence electrons. The number of para-hydroxylation sites is 1. The summed E-state index contributed by atoms with van der Waals surface area (Å²) in [5.74, 6) is -0.705. The van der Waals surface area contributed by atoms with Gasteiger partial charge in [0.05, 0.1) is 41.7 Å². The van der Waals surface area contributed by atoms with Crippen LogP contribution < -0.4 is 20.7 Å². The van der Waals surface area contributed by atoms with Crippen LogP contribution in [0, 0.1) is 5.92 Å². The molecule has 0 bridgehead atoms. The monoisotopic (exact) mass is 663 g/mol. The number of urea groups is 2. The zero-order valence-electron chi connectivity index (χ0n) is 26.5. The number of nitrogens with one attached hydrogen (secondary N) is 3. The molecule has 1 aliphatic rings. The lowest BCUT2D eigenvalue weighted by atomic mass is 9.99. The summed E-state index contributed by atoms with van der Waals surface area (Å²) in [6.07, 6.45) is -5.19. The summed E-state index contributed by atoms with van der Waals surface area (Å²) >= 11 is 0. The van der Waals surface area contributed by atoms with E-state index in [1.807, 2.05) is 49.4 Å². The fourth-order valence-corrected chi connectivity index (χ4v) is 5.48. The molecule has 4 aromatic rings. The van der Waals surface area contributed by atoms with Crippen LogP contribution in [-0.4, -0.2) is 71.8 Å². The molecule has 0 aromatic heterocycles. The molecule has 4 aromatic carbocycles. The number of rotatable bonds is 7. The quantitative estimate of drug-likeness (QED) is 0.172. The van der Waals surface area contributed by atoms with E-state index in [2.05, 4.69) is 16.0 Å². The number of carbonyl (C=O) groups excluding carboxylic acids is 3. The minimum absolute atomic E-state index is 0.0552. The van der Waals surface area contributed by atoms with E-state index >= 15 is 0 Å². The second-order valence-electron chi connectivity index (χ2n) is 11.8. The molecule has 0 unspecified atom stereocenters. The minimum atomic E-state index is -4.52. The molecule has 0 spiro atoms. The summed E-state index contributed by atoms with van der Waals surface area (Å²) in [4.78, 5) is 43.2. The van der Waals surface area contributed by atoms with Gasteiger partial charge in [-0.1, -0.05) is 49.4 Å². The molecule has 5 amide bonds. The predicted molar refractivity (Wildman–Crippen MR) is 177 cm³/mol. The second kappa shape index (κ2) is 14.2. The van der Waals surface area contributed by atoms with Crippen molar-refractivity contribution in [2.24, 2.45) is 5.92 Å². The highest BCUT2D eigenvalue weighted by atomic mass is 19.4. The summed E-state index contributed by atoms with van der Waals surface area (Å²) < 4.78 is 45.4. The largest absolute Gasteiger partial charge is 0.485 e. The number of aliphatic hydroxyl groups is 1. The van der Waals surface area contributed by atoms with E-state index in [1.165, 1.54) is 21.9 Å². The van der Waals surface area contributed by atoms with Gasteiger partial charge in [0.2, 0.25) is 0 Å². The fraction of sp³-hybridized carbons (Fsp3) is 0.286. The Labute approximate surface area is 275 Å². The van der Waals surface area contributed by atoms with Gasteiger partial charge in [0.1, 0.15) is 6.10 Å². The number of hydrogen-bond acceptors (Lipinski definition) is 5. The Balaban J connectivity index is 1.40. The topological polar surface area (TPSA) is 123 Å². The predicted octanol–water partition coefficient (Wildman–Crippen LogP) is 6.89. The number of alkyl halides is 3. The minimum Gasteiger partial charge on any atom is -0.485 e. The number of carbonyl (C=O) groups is 3. The molecular formula is C35H36F3N5O5. The van der Waals surface area contributed by atoms with Crippen LogP contribution in [0.5, 0.6) is 5.75 Å². The molecule has 0 fully saturated rings. The van der Waals surface area contributed by atoms with Crippen LogP contribution >= 0.6 is 0 Å². The van der Waals surface area contributed by atoms with Crippen LogP contribution in [0.3, 0.4) is 0 Å². The molecule has 48 heavy (non-hydrogen) atoms. The molecule has 4 N–H and O–H groups in total. The smallest absolute Gasteiger partial charge is 0.416 e. The number of likely N-dealkylation sites (N-methyl/N-ethyl adjacent to an activating group) is 1. The van der Waals surface area contributed by atoms with Crippen molar-refractivity contribution in [3.05, 3.63) is 96.1 Å². The molecule has 1 aliphatic heterocycles. The highest BCUT2D eigenvalue weighted by Gasteiger charge is 2.35. The van der Waals surface area contributed by atoms with Crippen molar-refractivity contribution < 1.29 is 37.4 Å². The average Bonchev–Trinajstić information content (AvgIpc) is 3.06. The molecule has 5 rings (SSSR count). The van der Waals surface area contributed by atoms with Gasteiger partial charge in [-0.3, -0.25) is 4.79 Å². The standard InChI is InChI=1S/C35H36F3N5O5/c1-21-18-43(22(2)20-44)32(45)27-11-7-13-29(40-33(46)39-25-16-14-24(15-17-25)35(36,37)38)31(27)48-30(21)19-42(3)34(47)41-28-12-6-9-23-8-4-5-10-26(23)28/h4-17,21-22,30,44H,18-20H2,1-3H3,(H,41,47)(H2,39,40,46)/t21-,22+,30-/m0/s1. The molecule has 0 aliphatic carbocycles. The zero-order chi connectivity index (χ0) is 34.6. The van der Waals surface area contributed by atoms with Gasteiger partial charge in [0.25, 0.3) is 5.91 Å². The van der Waals surface area contributed by atoms with Crippen molar-refractivity contribution in [2.75, 3.05) is 42.7 Å². The van der Waals surface area contributed by atoms with Crippen LogP contribution in [0.1, 0.15) is 29.8 Å². The third-order valence-electron chi connectivity index (χ3n) is 8.24. The second-order valence-corrected chi connectivity index (χ2v) is 11.8. The van der Waals surface area contributed by atoms with Gasteiger partial charge in [0, 0.05) is 30.6 Å². The summed E-state index contributed by atoms with van der Waals surface area (Å²) in [7, 11) is 1.62. The van der Waals surface area contributed by atoms with E-state index in [9.17, 15) is 32.7 Å². The lowest BCUT2D eigenvalue weighted by Gasteiger charge is -2.38. The molecule has 0 saturated carbocycles. The first kappa shape index (κ1) is 34.0. The molecule has 10 nitrogen and oxygen atoms in total. The van der Waals surface area contributed by atoms with E-state index in [1.54, 1.807) is 20.0 Å². The normalized spacial score (nSPS) is 17.0. The van der Waals surface area contributed by atoms with Gasteiger partial charge in [-0.2, -0.15) is 13.2 Å². The van der Waals surface area contributed by atoms with Crippen LogP contribution in [0.2, 0.25) is 0 Å². The van der Waals surface area contributed by atoms with Crippen LogP contribution in [-0.2, 0) is 6.18 Å². The Morgan fingerprint density at radius 1 is 0.958 bits per heavy atom. The average molecular weight is 664 g/mol. The van der Waals surface area contributed by atoms with Crippen molar-refractivity contribution in [3.63, 3.8) is 0 Å². The number of benzene rings is 4. The first-order chi connectivity index (χ1) is 22.8. The van der Waals surface area contributed by atoms with E-state index in [0.717, 1.165) is 35.0 Å². The van der Waals surface area contributed by atoms with Crippen LogP contribution in [0.25, 0.3) is 10.8 Å². The number of aliphatic hydroxyl groups excluding tert-OH is 1. The number of ether oxygens (including phenoxy) is 1. The van der Waals surface area contributed by atoms with Crippen LogP contribution in [0.4, 0.5) is 39.8 Å². The highest BCUT2D eigenvalue weighted by molar-refractivity contribution is 6.04. The summed E-state index contributed by atoms with van der Waals surface area (Å²) in [5.41, 5.74) is 0.152. The van der Waals surface area contributed by atoms with E-state index in [4.69, 9.17) is 4.74 Å². The molecular weight excluding hydrogens is 627 g/mol. The zero-order valence-corrected chi connectivity index (χ0v) is 26.5. The SMILES string of the molecule is C[C@H](CO)N1C[C@H](C)[C@H](CN(C)C(=O)Nc2cccc3ccccc23)Oc2c(NC(=O)Nc3ccc(C(F)(F)F)cc3)cccc2C1=O. The number of amides is 5. The van der Waals surface area contributed by atoms with Gasteiger partial charge >= 0.3 is 18.2 Å². The van der Waals surface area contributed by atoms with Gasteiger partial charge in [-0.15, -0.1) is 0 Å². The number of anilines is 3. The lowest BCUT2D eigenvalue weighted by molar-refractivity contribution is -0.137. The lowest BCUT2D eigenvalue weighted by Crippen LogP contribution is -2.50. The van der Waals surface area contributed by atoms with Crippen LogP contribution in [0.15, 0.2) is 84.9 Å². The maximum atomic E-state index is 13.8. The van der Waals surface area contributed by atoms with E-state index < -0.39 is 35.8 Å². The summed E-state index contributed by atoms with van der Waals surface area (Å²) in [5, 5.41) is 19.9. The number of halogens is 3. The summed E-state index contributed by atoms with van der Waals surface area (Å²) in [6, 6.07) is 20.2. The Hall–Kier alpha value is -5.30. The maximum Gasteiger partial charge on any atom is 0.416 e. The molecule has 3 atom stereocenters. The Morgan fingerprint density at radius 2 is 1.62 bits per heavy atom. The Bertz CT molecular complexity index is 1790. The third kappa shape index (κ3) is 7.63. The molecule has 0 saturated heterocycles. The fourth-order valence-electron chi connectivity index (χ4n) is 5.48. The summed E-state index contributed by atoms with van der Waals surface area (Å²) in [6.45, 7) is 3.60. The van der Waals surface area contributed by atoms with Gasteiger partial charge < -0.3 is 35.6 Å². The van der Waals surface area contributed by atoms with Crippen molar-refractivity contribution in [3.8, 4) is 5.75 Å². The Morgan fingerprint density at radius 3 is 2.33 bits per heavy atom. The third-order valence-corrected chi connectivity index (χ3v) is 8.24. The highest BCUT2D eigenvalue weighted by Crippen LogP contribution is 2.35. The van der Waals surface area contributed by atoms with E-state index in [0.29, 0.717) is 5.69 Å². The van der Waals surface area contributed by atoms with Gasteiger partial charge in [0.15, 0.2) is 5.75 Å². The first-order valence-corrected chi connectivity index (χ1v) is 15.3. The Kier molecular flexibility index (Phi) is 10.1. The van der Waals surface area contributed by atoms with Gasteiger partial charge in [-0.25, -0.2) is 9.59 Å². The maximum absolute atomic E-state index is 13.8. The first-order valence-electron chi connectivity index (χ1n) is 15.3. The number of fused-ring (bicyclic) bond motifs is 2. The molecule has 13 heteroatoms. The molecule has 1 heterocycles. The van der Waals surface area contributed by atoms with E-state index in [-0.39, 0.29) is 54.3 Å².